The van der Waals surface area contributed by atoms with Gasteiger partial charge in [-0.15, -0.1) is 0 Å². The van der Waals surface area contributed by atoms with Crippen LogP contribution in [0.5, 0.6) is 0 Å². The van der Waals surface area contributed by atoms with Gasteiger partial charge in [0.05, 0.1) is 34.2 Å². The van der Waals surface area contributed by atoms with Gasteiger partial charge in [-0.3, -0.25) is 0 Å². The van der Waals surface area contributed by atoms with Crippen molar-refractivity contribution in [1.29, 1.82) is 0 Å². The summed E-state index contributed by atoms with van der Waals surface area (Å²) in [5, 5.41) is 0. The van der Waals surface area contributed by atoms with Gasteiger partial charge >= 0.3 is 0 Å². The van der Waals surface area contributed by atoms with Gasteiger partial charge in [0.1, 0.15) is 0 Å². The Balaban J connectivity index is 0.901. The fourth-order valence-electron chi connectivity index (χ4n) is 12.4. The monoisotopic (exact) mass is 1030 g/mol. The van der Waals surface area contributed by atoms with Crippen LogP contribution in [0.2, 0.25) is 0 Å². The van der Waals surface area contributed by atoms with E-state index in [1.807, 2.05) is 0 Å². The Morgan fingerprint density at radius 1 is 0.312 bits per heavy atom. The van der Waals surface area contributed by atoms with Gasteiger partial charge in [-0.05, 0) is 160 Å². The van der Waals surface area contributed by atoms with Gasteiger partial charge in [0.15, 0.2) is 0 Å². The number of hydrogen-bond acceptors (Lipinski definition) is 4. The van der Waals surface area contributed by atoms with Gasteiger partial charge in [0, 0.05) is 50.4 Å². The lowest BCUT2D eigenvalue weighted by molar-refractivity contribution is 0.930. The van der Waals surface area contributed by atoms with Crippen LogP contribution >= 0.6 is 0 Å². The molecule has 12 aromatic rings. The zero-order chi connectivity index (χ0) is 53.5. The first-order chi connectivity index (χ1) is 39.5. The lowest BCUT2D eigenvalue weighted by Crippen LogP contribution is -2.11. The fraction of sp³-hybridized carbons (Fsp3) is 0.0921. The molecular formula is C76H58N4. The van der Waals surface area contributed by atoms with E-state index in [1.165, 1.54) is 77.9 Å². The third-order valence-corrected chi connectivity index (χ3v) is 16.5. The molecule has 0 amide bonds. The molecule has 0 aliphatic heterocycles. The first kappa shape index (κ1) is 48.6. The molecule has 0 unspecified atom stereocenters. The quantitative estimate of drug-likeness (QED) is 0.129. The van der Waals surface area contributed by atoms with Crippen LogP contribution in [0.25, 0.3) is 101 Å². The van der Waals surface area contributed by atoms with E-state index in [1.54, 1.807) is 0 Å². The van der Waals surface area contributed by atoms with Gasteiger partial charge in [-0.1, -0.05) is 207 Å². The molecule has 0 N–H and O–H groups in total. The topological polar surface area (TPSA) is 41.9 Å². The summed E-state index contributed by atoms with van der Waals surface area (Å²) in [6, 6.07) is 92.5. The summed E-state index contributed by atoms with van der Waals surface area (Å²) in [7, 11) is 0. The second-order valence-electron chi connectivity index (χ2n) is 21.2. The van der Waals surface area contributed by atoms with Crippen molar-refractivity contribution in [1.82, 2.24) is 15.0 Å². The minimum Gasteiger partial charge on any atom is -0.311 e. The Morgan fingerprint density at radius 3 is 1.07 bits per heavy atom. The molecule has 0 saturated carbocycles. The van der Waals surface area contributed by atoms with Crippen LogP contribution in [0.15, 0.2) is 255 Å². The molecule has 3 heterocycles. The molecule has 0 fully saturated rings. The Hall–Kier alpha value is -9.77. The maximum atomic E-state index is 5.41. The summed E-state index contributed by atoms with van der Waals surface area (Å²) in [6.45, 7) is 4.44. The van der Waals surface area contributed by atoms with E-state index < -0.39 is 0 Å². The van der Waals surface area contributed by atoms with Crippen molar-refractivity contribution in [3.8, 4) is 101 Å². The van der Waals surface area contributed by atoms with Crippen molar-refractivity contribution in [2.24, 2.45) is 0 Å². The first-order valence-electron chi connectivity index (χ1n) is 28.1. The Bertz CT molecular complexity index is 4060. The van der Waals surface area contributed by atoms with Crippen LogP contribution in [0, 0.1) is 6.92 Å². The number of anilines is 3. The van der Waals surface area contributed by atoms with Crippen molar-refractivity contribution in [2.75, 3.05) is 4.90 Å². The predicted molar refractivity (Wildman–Crippen MR) is 332 cm³/mol. The third kappa shape index (κ3) is 8.99. The fourth-order valence-corrected chi connectivity index (χ4v) is 12.4. The number of nitrogens with zero attached hydrogens (tertiary/aromatic N) is 4. The van der Waals surface area contributed by atoms with Crippen molar-refractivity contribution in [3.63, 3.8) is 0 Å². The van der Waals surface area contributed by atoms with Gasteiger partial charge in [0.25, 0.3) is 0 Å². The molecule has 0 radical (unpaired) electrons. The zero-order valence-corrected chi connectivity index (χ0v) is 45.1. The van der Waals surface area contributed by atoms with Crippen LogP contribution < -0.4 is 4.90 Å². The van der Waals surface area contributed by atoms with Crippen LogP contribution in [0.3, 0.4) is 0 Å². The van der Waals surface area contributed by atoms with Gasteiger partial charge in [0.2, 0.25) is 0 Å². The zero-order valence-electron chi connectivity index (χ0n) is 45.1. The van der Waals surface area contributed by atoms with Crippen LogP contribution in [0.4, 0.5) is 17.1 Å². The molecule has 9 aromatic carbocycles. The van der Waals surface area contributed by atoms with Crippen LogP contribution in [-0.4, -0.2) is 15.0 Å². The first-order valence-corrected chi connectivity index (χ1v) is 28.1. The normalized spacial score (nSPS) is 12.2. The Kier molecular flexibility index (Phi) is 12.7. The highest BCUT2D eigenvalue weighted by Gasteiger charge is 2.26. The molecule has 4 nitrogen and oxygen atoms in total. The summed E-state index contributed by atoms with van der Waals surface area (Å²) in [4.78, 5) is 18.6. The number of rotatable bonds is 11. The second kappa shape index (κ2) is 20.9. The standard InChI is InChI=1S/C76H58N4/c1-3-62-68(47-71(56-22-7-4-8-23-56)77-74(62)63-28-16-13-19-50(63)2)53-31-39-59(40-32-53)80(60-41-33-54(34-42-60)69-48-72(57-24-9-5-10-25-57)78-75-64-29-17-14-20-51(64)37-45-66(69)75)61-43-35-55(36-44-61)70-49-73(58-26-11-6-12-27-58)79-76-65-30-18-15-21-52(65)38-46-67(70)76/h4-36,39-44,47-49H,3,37-38,45-46H2,1-2H3. The maximum Gasteiger partial charge on any atom is 0.0750 e. The van der Waals surface area contributed by atoms with Crippen LogP contribution in [0.1, 0.15) is 40.3 Å². The van der Waals surface area contributed by atoms with E-state index >= 15 is 0 Å². The van der Waals surface area contributed by atoms with E-state index in [0.717, 1.165) is 106 Å². The van der Waals surface area contributed by atoms with Crippen molar-refractivity contribution < 1.29 is 0 Å². The summed E-state index contributed by atoms with van der Waals surface area (Å²) in [5.74, 6) is 0. The number of aromatic nitrogens is 3. The number of pyridine rings is 3. The molecule has 0 atom stereocenters. The molecule has 0 bridgehead atoms. The molecule has 80 heavy (non-hydrogen) atoms. The number of aryl methyl sites for hydroxylation is 3. The molecule has 382 valence electrons. The molecule has 2 aliphatic carbocycles. The predicted octanol–water partition coefficient (Wildman–Crippen LogP) is 19.4. The SMILES string of the molecule is CCc1c(-c2ccc(N(c3ccc(-c4cc(-c5ccccc5)nc5c4CCc4ccccc4-5)cc3)c3ccc(-c4cc(-c5ccccc5)nc5c4CCc4ccccc4-5)cc3)cc2)cc(-c2ccccc2)nc1-c1ccccc1C. The molecule has 0 spiro atoms. The highest BCUT2D eigenvalue weighted by Crippen LogP contribution is 2.45. The van der Waals surface area contributed by atoms with Crippen molar-refractivity contribution in [3.05, 3.63) is 288 Å². The van der Waals surface area contributed by atoms with Crippen molar-refractivity contribution in [2.45, 2.75) is 46.0 Å². The summed E-state index contributed by atoms with van der Waals surface area (Å²) in [5.41, 5.74) is 31.3. The van der Waals surface area contributed by atoms with Gasteiger partial charge in [-0.25, -0.2) is 15.0 Å². The highest BCUT2D eigenvalue weighted by atomic mass is 15.1. The van der Waals surface area contributed by atoms with E-state index in [-0.39, 0.29) is 0 Å². The molecular weight excluding hydrogens is 969 g/mol. The summed E-state index contributed by atoms with van der Waals surface area (Å²) >= 11 is 0. The largest absolute Gasteiger partial charge is 0.311 e. The number of hydrogen-bond donors (Lipinski definition) is 0. The number of benzene rings is 9. The third-order valence-electron chi connectivity index (χ3n) is 16.5. The minimum atomic E-state index is 0.841. The lowest BCUT2D eigenvalue weighted by Gasteiger charge is -2.27. The van der Waals surface area contributed by atoms with Crippen molar-refractivity contribution >= 4 is 17.1 Å². The van der Waals surface area contributed by atoms with E-state index in [0.29, 0.717) is 0 Å². The van der Waals surface area contributed by atoms with E-state index in [2.05, 4.69) is 274 Å². The summed E-state index contributed by atoms with van der Waals surface area (Å²) < 4.78 is 0. The molecule has 14 rings (SSSR count). The highest BCUT2D eigenvalue weighted by molar-refractivity contribution is 5.89. The smallest absolute Gasteiger partial charge is 0.0750 e. The molecule has 4 heteroatoms. The van der Waals surface area contributed by atoms with Gasteiger partial charge < -0.3 is 4.90 Å². The Morgan fingerprint density at radius 2 is 0.662 bits per heavy atom. The molecule has 0 saturated heterocycles. The Labute approximate surface area is 469 Å². The summed E-state index contributed by atoms with van der Waals surface area (Å²) in [6.07, 6.45) is 4.70. The van der Waals surface area contributed by atoms with E-state index in [4.69, 9.17) is 15.0 Å². The molecule has 3 aromatic heterocycles. The average molecular weight is 1030 g/mol. The average Bonchev–Trinajstić information content (AvgIpc) is 3.60. The molecule has 2 aliphatic rings. The van der Waals surface area contributed by atoms with E-state index in [9.17, 15) is 0 Å². The lowest BCUT2D eigenvalue weighted by atomic mass is 9.84. The van der Waals surface area contributed by atoms with Gasteiger partial charge in [-0.2, -0.15) is 0 Å². The number of fused-ring (bicyclic) bond motifs is 6. The minimum absolute atomic E-state index is 0.841. The maximum absolute atomic E-state index is 5.41. The van der Waals surface area contributed by atoms with Crippen LogP contribution in [-0.2, 0) is 32.1 Å². The second-order valence-corrected chi connectivity index (χ2v) is 21.2.